The summed E-state index contributed by atoms with van der Waals surface area (Å²) in [5.74, 6) is 4.96. The predicted octanol–water partition coefficient (Wildman–Crippen LogP) is 2.01. The topological polar surface area (TPSA) is 64.3 Å². The molecule has 5 heteroatoms. The molecule has 0 bridgehead atoms. The molecule has 0 aliphatic rings. The molecule has 4 nitrogen and oxygen atoms in total. The maximum Gasteiger partial charge on any atom is 0.265 e. The zero-order chi connectivity index (χ0) is 13.7. The molecular formula is C14H13FN2O2. The van der Waals surface area contributed by atoms with Gasteiger partial charge in [-0.05, 0) is 42.0 Å². The number of hydrogen-bond donors (Lipinski definition) is 2. The van der Waals surface area contributed by atoms with Gasteiger partial charge < -0.3 is 4.74 Å². The predicted molar refractivity (Wildman–Crippen MR) is 68.8 cm³/mol. The zero-order valence-electron chi connectivity index (χ0n) is 10.1. The normalized spacial score (nSPS) is 10.0. The molecule has 2 aromatic carbocycles. The van der Waals surface area contributed by atoms with Gasteiger partial charge in [0.05, 0.1) is 0 Å². The highest BCUT2D eigenvalue weighted by atomic mass is 19.1. The largest absolute Gasteiger partial charge is 0.489 e. The molecule has 0 radical (unpaired) electrons. The number of benzene rings is 2. The van der Waals surface area contributed by atoms with Gasteiger partial charge in [-0.25, -0.2) is 10.2 Å². The number of nitrogens with one attached hydrogen (secondary N) is 1. The van der Waals surface area contributed by atoms with E-state index in [9.17, 15) is 9.18 Å². The number of hydrogen-bond acceptors (Lipinski definition) is 3. The lowest BCUT2D eigenvalue weighted by molar-refractivity contribution is 0.0953. The fraction of sp³-hybridized carbons (Fsp3) is 0.0714. The van der Waals surface area contributed by atoms with Crippen molar-refractivity contribution >= 4 is 5.91 Å². The van der Waals surface area contributed by atoms with Crippen LogP contribution in [0.1, 0.15) is 15.9 Å². The fourth-order valence-electron chi connectivity index (χ4n) is 1.58. The van der Waals surface area contributed by atoms with Crippen molar-refractivity contribution in [3.8, 4) is 5.75 Å². The first-order chi connectivity index (χ1) is 9.19. The smallest absolute Gasteiger partial charge is 0.265 e. The second-order valence-electron chi connectivity index (χ2n) is 3.92. The Morgan fingerprint density at radius 1 is 1.21 bits per heavy atom. The van der Waals surface area contributed by atoms with Crippen LogP contribution in [0.15, 0.2) is 48.5 Å². The summed E-state index contributed by atoms with van der Waals surface area (Å²) in [6.07, 6.45) is 0. The summed E-state index contributed by atoms with van der Waals surface area (Å²) in [5.41, 5.74) is 3.23. The van der Waals surface area contributed by atoms with Crippen molar-refractivity contribution < 1.29 is 13.9 Å². The minimum Gasteiger partial charge on any atom is -0.489 e. The van der Waals surface area contributed by atoms with Gasteiger partial charge in [0.15, 0.2) is 0 Å². The SMILES string of the molecule is NNC(=O)c1ccc(OCc2cccc(F)c2)cc1. The van der Waals surface area contributed by atoms with E-state index in [1.54, 1.807) is 36.4 Å². The van der Waals surface area contributed by atoms with E-state index in [1.165, 1.54) is 12.1 Å². The molecule has 0 heterocycles. The first-order valence-corrected chi connectivity index (χ1v) is 5.67. The molecule has 2 rings (SSSR count). The van der Waals surface area contributed by atoms with Crippen molar-refractivity contribution in [2.45, 2.75) is 6.61 Å². The molecule has 0 fully saturated rings. The number of carbonyl (C=O) groups excluding carboxylic acids is 1. The van der Waals surface area contributed by atoms with Gasteiger partial charge in [-0.3, -0.25) is 10.2 Å². The summed E-state index contributed by atoms with van der Waals surface area (Å²) in [5, 5.41) is 0. The first-order valence-electron chi connectivity index (χ1n) is 5.67. The lowest BCUT2D eigenvalue weighted by Gasteiger charge is -2.07. The zero-order valence-corrected chi connectivity index (χ0v) is 10.1. The van der Waals surface area contributed by atoms with Crippen LogP contribution in [0.3, 0.4) is 0 Å². The van der Waals surface area contributed by atoms with Crippen LogP contribution in [0.25, 0.3) is 0 Å². The molecule has 1 amide bonds. The first kappa shape index (κ1) is 13.0. The van der Waals surface area contributed by atoms with Gasteiger partial charge in [-0.1, -0.05) is 12.1 Å². The van der Waals surface area contributed by atoms with E-state index in [2.05, 4.69) is 0 Å². The van der Waals surface area contributed by atoms with E-state index < -0.39 is 0 Å². The molecule has 2 aromatic rings. The third-order valence-electron chi connectivity index (χ3n) is 2.54. The van der Waals surface area contributed by atoms with Crippen molar-refractivity contribution in [3.05, 3.63) is 65.5 Å². The van der Waals surface area contributed by atoms with Crippen LogP contribution in [-0.2, 0) is 6.61 Å². The molecule has 98 valence electrons. The average molecular weight is 260 g/mol. The van der Waals surface area contributed by atoms with Crippen LogP contribution in [0.2, 0.25) is 0 Å². The molecule has 0 atom stereocenters. The van der Waals surface area contributed by atoms with E-state index in [-0.39, 0.29) is 18.3 Å². The molecule has 19 heavy (non-hydrogen) atoms. The molecule has 0 aromatic heterocycles. The Hall–Kier alpha value is -2.40. The quantitative estimate of drug-likeness (QED) is 0.502. The Morgan fingerprint density at radius 2 is 1.95 bits per heavy atom. The van der Waals surface area contributed by atoms with E-state index in [1.807, 2.05) is 5.43 Å². The summed E-state index contributed by atoms with van der Waals surface area (Å²) in [4.78, 5) is 11.2. The number of carbonyl (C=O) groups is 1. The van der Waals surface area contributed by atoms with Gasteiger partial charge in [-0.2, -0.15) is 0 Å². The van der Waals surface area contributed by atoms with Crippen LogP contribution in [-0.4, -0.2) is 5.91 Å². The highest BCUT2D eigenvalue weighted by Gasteiger charge is 2.03. The Bertz CT molecular complexity index is 570. The third kappa shape index (κ3) is 3.53. The Labute approximate surface area is 110 Å². The second kappa shape index (κ2) is 5.97. The van der Waals surface area contributed by atoms with Crippen molar-refractivity contribution in [3.63, 3.8) is 0 Å². The highest BCUT2D eigenvalue weighted by molar-refractivity contribution is 5.93. The van der Waals surface area contributed by atoms with Crippen LogP contribution >= 0.6 is 0 Å². The molecule has 3 N–H and O–H groups in total. The van der Waals surface area contributed by atoms with Crippen molar-refractivity contribution in [2.24, 2.45) is 5.84 Å². The summed E-state index contributed by atoms with van der Waals surface area (Å²) in [7, 11) is 0. The lowest BCUT2D eigenvalue weighted by Crippen LogP contribution is -2.29. The number of ether oxygens (including phenoxy) is 1. The Kier molecular flexibility index (Phi) is 4.10. The maximum absolute atomic E-state index is 13.0. The summed E-state index contributed by atoms with van der Waals surface area (Å²) < 4.78 is 18.4. The van der Waals surface area contributed by atoms with Crippen LogP contribution in [0.5, 0.6) is 5.75 Å². The molecule has 0 unspecified atom stereocenters. The van der Waals surface area contributed by atoms with Gasteiger partial charge in [0.2, 0.25) is 0 Å². The summed E-state index contributed by atoms with van der Waals surface area (Å²) in [6.45, 7) is 0.264. The van der Waals surface area contributed by atoms with E-state index >= 15 is 0 Å². The summed E-state index contributed by atoms with van der Waals surface area (Å²) >= 11 is 0. The van der Waals surface area contributed by atoms with Crippen LogP contribution in [0, 0.1) is 5.82 Å². The van der Waals surface area contributed by atoms with Crippen LogP contribution in [0.4, 0.5) is 4.39 Å². The molecule has 0 aliphatic carbocycles. The number of amides is 1. The van der Waals surface area contributed by atoms with Crippen LogP contribution < -0.4 is 16.0 Å². The number of hydrazine groups is 1. The second-order valence-corrected chi connectivity index (χ2v) is 3.92. The van der Waals surface area contributed by atoms with Gasteiger partial charge in [0, 0.05) is 5.56 Å². The number of halogens is 1. The number of rotatable bonds is 4. The molecule has 0 saturated carbocycles. The standard InChI is InChI=1S/C14H13FN2O2/c15-12-3-1-2-10(8-12)9-19-13-6-4-11(5-7-13)14(18)17-16/h1-8H,9,16H2,(H,17,18). The molecule has 0 saturated heterocycles. The fourth-order valence-corrected chi connectivity index (χ4v) is 1.58. The Balaban J connectivity index is 1.98. The van der Waals surface area contributed by atoms with Gasteiger partial charge in [0.1, 0.15) is 18.2 Å². The van der Waals surface area contributed by atoms with E-state index in [0.717, 1.165) is 5.56 Å². The number of nitrogens with two attached hydrogens (primary N) is 1. The third-order valence-corrected chi connectivity index (χ3v) is 2.54. The van der Waals surface area contributed by atoms with Crippen molar-refractivity contribution in [2.75, 3.05) is 0 Å². The monoisotopic (exact) mass is 260 g/mol. The molecular weight excluding hydrogens is 247 g/mol. The Morgan fingerprint density at radius 3 is 2.58 bits per heavy atom. The lowest BCUT2D eigenvalue weighted by atomic mass is 10.2. The van der Waals surface area contributed by atoms with Gasteiger partial charge >= 0.3 is 0 Å². The van der Waals surface area contributed by atoms with Gasteiger partial charge in [-0.15, -0.1) is 0 Å². The maximum atomic E-state index is 13.0. The van der Waals surface area contributed by atoms with Gasteiger partial charge in [0.25, 0.3) is 5.91 Å². The molecule has 0 spiro atoms. The van der Waals surface area contributed by atoms with Crippen molar-refractivity contribution in [1.82, 2.24) is 5.43 Å². The minimum atomic E-state index is -0.364. The molecule has 0 aliphatic heterocycles. The number of nitrogen functional groups attached to an aromatic ring is 1. The average Bonchev–Trinajstić information content (AvgIpc) is 2.45. The van der Waals surface area contributed by atoms with E-state index in [4.69, 9.17) is 10.6 Å². The highest BCUT2D eigenvalue weighted by Crippen LogP contribution is 2.14. The van der Waals surface area contributed by atoms with Crippen molar-refractivity contribution in [1.29, 1.82) is 0 Å². The summed E-state index contributed by atoms with van der Waals surface area (Å²) in [6, 6.07) is 12.7. The van der Waals surface area contributed by atoms with E-state index in [0.29, 0.717) is 11.3 Å². The minimum absolute atomic E-state index is 0.264.